The van der Waals surface area contributed by atoms with Crippen LogP contribution in [0.15, 0.2) is 42.6 Å². The molecule has 5 heteroatoms. The fraction of sp³-hybridized carbons (Fsp3) is 0.188. The molecule has 1 aromatic carbocycles. The van der Waals surface area contributed by atoms with Crippen LogP contribution in [-0.2, 0) is 0 Å². The molecule has 2 aromatic rings. The summed E-state index contributed by atoms with van der Waals surface area (Å²) in [5.74, 6) is -0.220. The Morgan fingerprint density at radius 3 is 2.76 bits per heavy atom. The lowest BCUT2D eigenvalue weighted by Crippen LogP contribution is -2.30. The maximum Gasteiger partial charge on any atom is 0.270 e. The molecule has 0 fully saturated rings. The van der Waals surface area contributed by atoms with Crippen molar-refractivity contribution in [3.63, 3.8) is 0 Å². The average Bonchev–Trinajstić information content (AvgIpc) is 2.47. The standard InChI is InChI=1S/C16H16N4O/c1-11(2)19-16(21)15-9-13(7-8-18-15)20-14-6-4-3-5-12(14)10-17/h3-9,11H,1-2H3,(H,18,20)(H,19,21). The van der Waals surface area contributed by atoms with Crippen LogP contribution in [0.2, 0.25) is 0 Å². The van der Waals surface area contributed by atoms with Crippen molar-refractivity contribution in [2.75, 3.05) is 5.32 Å². The van der Waals surface area contributed by atoms with Gasteiger partial charge in [0.25, 0.3) is 5.91 Å². The first kappa shape index (κ1) is 14.5. The molecule has 2 rings (SSSR count). The number of carbonyl (C=O) groups excluding carboxylic acids is 1. The van der Waals surface area contributed by atoms with E-state index in [-0.39, 0.29) is 11.9 Å². The number of aromatic nitrogens is 1. The Hall–Kier alpha value is -2.87. The molecule has 21 heavy (non-hydrogen) atoms. The van der Waals surface area contributed by atoms with E-state index in [1.807, 2.05) is 26.0 Å². The van der Waals surface area contributed by atoms with Crippen molar-refractivity contribution in [1.29, 1.82) is 5.26 Å². The quantitative estimate of drug-likeness (QED) is 0.902. The van der Waals surface area contributed by atoms with Crippen molar-refractivity contribution < 1.29 is 4.79 Å². The summed E-state index contributed by atoms with van der Waals surface area (Å²) in [7, 11) is 0. The summed E-state index contributed by atoms with van der Waals surface area (Å²) in [4.78, 5) is 16.0. The number of nitrogens with one attached hydrogen (secondary N) is 2. The van der Waals surface area contributed by atoms with Crippen LogP contribution < -0.4 is 10.6 Å². The molecule has 0 bridgehead atoms. The number of benzene rings is 1. The van der Waals surface area contributed by atoms with E-state index < -0.39 is 0 Å². The molecule has 0 atom stereocenters. The Morgan fingerprint density at radius 2 is 2.05 bits per heavy atom. The van der Waals surface area contributed by atoms with E-state index in [2.05, 4.69) is 21.7 Å². The summed E-state index contributed by atoms with van der Waals surface area (Å²) < 4.78 is 0. The number of hydrogen-bond donors (Lipinski definition) is 2. The van der Waals surface area contributed by atoms with Gasteiger partial charge in [-0.05, 0) is 38.1 Å². The Kier molecular flexibility index (Phi) is 4.52. The maximum absolute atomic E-state index is 11.9. The van der Waals surface area contributed by atoms with Crippen molar-refractivity contribution in [3.05, 3.63) is 53.9 Å². The van der Waals surface area contributed by atoms with Crippen molar-refractivity contribution in [1.82, 2.24) is 10.3 Å². The third kappa shape index (κ3) is 3.80. The predicted molar refractivity (Wildman–Crippen MR) is 81.3 cm³/mol. The van der Waals surface area contributed by atoms with Crippen LogP contribution in [0.1, 0.15) is 29.9 Å². The van der Waals surface area contributed by atoms with E-state index in [4.69, 9.17) is 5.26 Å². The van der Waals surface area contributed by atoms with Gasteiger partial charge >= 0.3 is 0 Å². The maximum atomic E-state index is 11.9. The normalized spacial score (nSPS) is 10.0. The summed E-state index contributed by atoms with van der Waals surface area (Å²) in [6.45, 7) is 3.78. The monoisotopic (exact) mass is 280 g/mol. The fourth-order valence-electron chi connectivity index (χ4n) is 1.81. The second kappa shape index (κ2) is 6.53. The Morgan fingerprint density at radius 1 is 1.29 bits per heavy atom. The zero-order valence-corrected chi connectivity index (χ0v) is 11.9. The molecule has 1 amide bonds. The van der Waals surface area contributed by atoms with Crippen molar-refractivity contribution in [3.8, 4) is 6.07 Å². The number of rotatable bonds is 4. The number of anilines is 2. The lowest BCUT2D eigenvalue weighted by atomic mass is 10.2. The first-order valence-electron chi connectivity index (χ1n) is 6.63. The third-order valence-corrected chi connectivity index (χ3v) is 2.74. The molecule has 0 unspecified atom stereocenters. The molecule has 0 saturated carbocycles. The molecule has 0 radical (unpaired) electrons. The van der Waals surface area contributed by atoms with Crippen LogP contribution in [0, 0.1) is 11.3 Å². The summed E-state index contributed by atoms with van der Waals surface area (Å²) in [6, 6.07) is 12.8. The highest BCUT2D eigenvalue weighted by Gasteiger charge is 2.09. The molecule has 1 heterocycles. The van der Waals surface area contributed by atoms with Crippen LogP contribution in [0.4, 0.5) is 11.4 Å². The number of pyridine rings is 1. The third-order valence-electron chi connectivity index (χ3n) is 2.74. The number of hydrogen-bond acceptors (Lipinski definition) is 4. The lowest BCUT2D eigenvalue weighted by Gasteiger charge is -2.10. The van der Waals surface area contributed by atoms with Gasteiger partial charge in [-0.25, -0.2) is 0 Å². The molecule has 0 aliphatic rings. The van der Waals surface area contributed by atoms with Crippen LogP contribution in [0.25, 0.3) is 0 Å². The van der Waals surface area contributed by atoms with Gasteiger partial charge in [-0.2, -0.15) is 5.26 Å². The molecule has 2 N–H and O–H groups in total. The minimum atomic E-state index is -0.220. The predicted octanol–water partition coefficient (Wildman–Crippen LogP) is 2.84. The van der Waals surface area contributed by atoms with Crippen LogP contribution in [0.3, 0.4) is 0 Å². The van der Waals surface area contributed by atoms with Gasteiger partial charge in [-0.3, -0.25) is 9.78 Å². The van der Waals surface area contributed by atoms with Crippen LogP contribution in [0.5, 0.6) is 0 Å². The average molecular weight is 280 g/mol. The van der Waals surface area contributed by atoms with Gasteiger partial charge in [0.2, 0.25) is 0 Å². The first-order valence-corrected chi connectivity index (χ1v) is 6.63. The zero-order chi connectivity index (χ0) is 15.2. The van der Waals surface area contributed by atoms with E-state index in [1.165, 1.54) is 0 Å². The molecule has 0 spiro atoms. The molecule has 5 nitrogen and oxygen atoms in total. The number of nitriles is 1. The summed E-state index contributed by atoms with van der Waals surface area (Å²) in [5.41, 5.74) is 2.29. The minimum Gasteiger partial charge on any atom is -0.354 e. The number of nitrogens with zero attached hydrogens (tertiary/aromatic N) is 2. The van der Waals surface area contributed by atoms with Gasteiger partial charge in [0.05, 0.1) is 11.3 Å². The molecule has 0 aliphatic heterocycles. The van der Waals surface area contributed by atoms with Crippen molar-refractivity contribution in [2.45, 2.75) is 19.9 Å². The Balaban J connectivity index is 2.22. The summed E-state index contributed by atoms with van der Waals surface area (Å²) >= 11 is 0. The lowest BCUT2D eigenvalue weighted by molar-refractivity contribution is 0.0938. The first-order chi connectivity index (χ1) is 10.1. The van der Waals surface area contributed by atoms with E-state index in [0.717, 1.165) is 0 Å². The molecule has 0 saturated heterocycles. The molecular weight excluding hydrogens is 264 g/mol. The molecule has 1 aromatic heterocycles. The highest BCUT2D eigenvalue weighted by Crippen LogP contribution is 2.20. The minimum absolute atomic E-state index is 0.0511. The smallest absolute Gasteiger partial charge is 0.270 e. The molecular formula is C16H16N4O. The van der Waals surface area contributed by atoms with Gasteiger partial charge in [0, 0.05) is 17.9 Å². The van der Waals surface area contributed by atoms with Gasteiger partial charge in [0.15, 0.2) is 0 Å². The van der Waals surface area contributed by atoms with E-state index in [9.17, 15) is 4.79 Å². The SMILES string of the molecule is CC(C)NC(=O)c1cc(Nc2ccccc2C#N)ccn1. The van der Waals surface area contributed by atoms with Crippen LogP contribution >= 0.6 is 0 Å². The summed E-state index contributed by atoms with van der Waals surface area (Å²) in [6.07, 6.45) is 1.56. The van der Waals surface area contributed by atoms with E-state index >= 15 is 0 Å². The largest absolute Gasteiger partial charge is 0.354 e. The second-order valence-corrected chi connectivity index (χ2v) is 4.84. The number of para-hydroxylation sites is 1. The Bertz CT molecular complexity index is 689. The summed E-state index contributed by atoms with van der Waals surface area (Å²) in [5, 5.41) is 15.0. The number of carbonyl (C=O) groups is 1. The van der Waals surface area contributed by atoms with Crippen molar-refractivity contribution in [2.24, 2.45) is 0 Å². The van der Waals surface area contributed by atoms with Crippen LogP contribution in [-0.4, -0.2) is 16.9 Å². The van der Waals surface area contributed by atoms with Gasteiger partial charge < -0.3 is 10.6 Å². The van der Waals surface area contributed by atoms with E-state index in [0.29, 0.717) is 22.6 Å². The molecule has 0 aliphatic carbocycles. The number of amides is 1. The molecule has 106 valence electrons. The van der Waals surface area contributed by atoms with Gasteiger partial charge in [0.1, 0.15) is 11.8 Å². The topological polar surface area (TPSA) is 77.8 Å². The Labute approximate surface area is 123 Å². The second-order valence-electron chi connectivity index (χ2n) is 4.84. The highest BCUT2D eigenvalue weighted by atomic mass is 16.1. The fourth-order valence-corrected chi connectivity index (χ4v) is 1.81. The van der Waals surface area contributed by atoms with Crippen molar-refractivity contribution >= 4 is 17.3 Å². The van der Waals surface area contributed by atoms with Gasteiger partial charge in [-0.15, -0.1) is 0 Å². The van der Waals surface area contributed by atoms with Gasteiger partial charge in [-0.1, -0.05) is 12.1 Å². The highest BCUT2D eigenvalue weighted by molar-refractivity contribution is 5.93. The van der Waals surface area contributed by atoms with E-state index in [1.54, 1.807) is 30.5 Å². The zero-order valence-electron chi connectivity index (χ0n) is 11.9.